The number of Topliss-reactive ketones (excluding diaryl/α,β-unsaturated/α-hetero) is 1. The fraction of sp³-hybridized carbons (Fsp3) is 0.417. The van der Waals surface area contributed by atoms with Crippen molar-refractivity contribution in [2.45, 2.75) is 37.5 Å². The quantitative estimate of drug-likeness (QED) is 0.524. The average Bonchev–Trinajstić information content (AvgIpc) is 3.66. The van der Waals surface area contributed by atoms with E-state index in [0.29, 0.717) is 35.7 Å². The molecule has 7 nitrogen and oxygen atoms in total. The van der Waals surface area contributed by atoms with Crippen LogP contribution in [0, 0.1) is 5.92 Å². The third-order valence-corrected chi connectivity index (χ3v) is 6.60. The highest BCUT2D eigenvalue weighted by atomic mass is 35.5. The Labute approximate surface area is 205 Å². The van der Waals surface area contributed by atoms with Crippen molar-refractivity contribution in [2.75, 3.05) is 26.2 Å². The molecule has 2 aliphatic rings. The van der Waals surface area contributed by atoms with Crippen LogP contribution in [0.1, 0.15) is 30.4 Å². The number of anilines is 1. The average molecular weight is 513 g/mol. The van der Waals surface area contributed by atoms with Gasteiger partial charge in [-0.1, -0.05) is 11.6 Å². The highest BCUT2D eigenvalue weighted by Crippen LogP contribution is 2.50. The van der Waals surface area contributed by atoms with Gasteiger partial charge in [-0.15, -0.1) is 0 Å². The van der Waals surface area contributed by atoms with Crippen molar-refractivity contribution < 1.29 is 37.0 Å². The predicted octanol–water partition coefficient (Wildman–Crippen LogP) is 5.22. The Morgan fingerprint density at radius 3 is 2.26 bits per heavy atom. The summed E-state index contributed by atoms with van der Waals surface area (Å²) in [6.45, 7) is -0.179. The molecule has 2 amide bonds. The number of methoxy groups -OCH3 is 3. The second-order valence-corrected chi connectivity index (χ2v) is 8.95. The van der Waals surface area contributed by atoms with Crippen LogP contribution in [-0.4, -0.2) is 39.3 Å². The maximum absolute atomic E-state index is 14.6. The number of ketones is 1. The summed E-state index contributed by atoms with van der Waals surface area (Å²) in [6, 6.07) is 6.05. The van der Waals surface area contributed by atoms with Gasteiger partial charge in [-0.25, -0.2) is 4.79 Å². The van der Waals surface area contributed by atoms with Gasteiger partial charge in [-0.3, -0.25) is 9.69 Å². The molecular formula is C24H24ClF3N2O5. The van der Waals surface area contributed by atoms with E-state index in [-0.39, 0.29) is 22.8 Å². The summed E-state index contributed by atoms with van der Waals surface area (Å²) in [7, 11) is 4.30. The minimum Gasteiger partial charge on any atom is -0.496 e. The molecule has 1 unspecified atom stereocenters. The van der Waals surface area contributed by atoms with Gasteiger partial charge < -0.3 is 19.5 Å². The van der Waals surface area contributed by atoms with Crippen LogP contribution in [0.2, 0.25) is 5.02 Å². The lowest BCUT2D eigenvalue weighted by Gasteiger charge is -2.44. The molecule has 2 aromatic carbocycles. The Morgan fingerprint density at radius 1 is 1.11 bits per heavy atom. The molecule has 1 heterocycles. The van der Waals surface area contributed by atoms with Crippen LogP contribution in [0.5, 0.6) is 17.2 Å². The molecule has 188 valence electrons. The lowest BCUT2D eigenvalue weighted by molar-refractivity contribution is -0.201. The molecule has 0 radical (unpaired) electrons. The first-order valence-electron chi connectivity index (χ1n) is 10.8. The van der Waals surface area contributed by atoms with Crippen LogP contribution < -0.4 is 24.4 Å². The highest BCUT2D eigenvalue weighted by molar-refractivity contribution is 6.30. The summed E-state index contributed by atoms with van der Waals surface area (Å²) >= 11 is 6.10. The van der Waals surface area contributed by atoms with Gasteiger partial charge in [0, 0.05) is 35.1 Å². The number of hydrogen-bond acceptors (Lipinski definition) is 5. The second-order valence-electron chi connectivity index (χ2n) is 8.51. The minimum atomic E-state index is -4.95. The largest absolute Gasteiger partial charge is 0.496 e. The number of amides is 2. The van der Waals surface area contributed by atoms with E-state index in [1.165, 1.54) is 33.5 Å². The summed E-state index contributed by atoms with van der Waals surface area (Å²) in [5.74, 6) is 0.120. The van der Waals surface area contributed by atoms with Crippen molar-refractivity contribution in [1.82, 2.24) is 5.32 Å². The summed E-state index contributed by atoms with van der Waals surface area (Å²) in [5, 5.41) is 2.16. The predicted molar refractivity (Wildman–Crippen MR) is 122 cm³/mol. The number of ether oxygens (including phenoxy) is 3. The normalized spacial score (nSPS) is 19.6. The van der Waals surface area contributed by atoms with Crippen molar-refractivity contribution in [2.24, 2.45) is 5.92 Å². The SMILES string of the molecule is COc1cc(OC)c(CN2C(=O)NC(CC(=O)C3CC3)(C(F)(F)F)c3cc(Cl)ccc32)c(OC)c1. The first-order chi connectivity index (χ1) is 16.5. The van der Waals surface area contributed by atoms with Crippen LogP contribution in [0.25, 0.3) is 0 Å². The number of alkyl halides is 3. The molecule has 1 aliphatic carbocycles. The number of hydrogen-bond donors (Lipinski definition) is 1. The minimum absolute atomic E-state index is 0.0148. The van der Waals surface area contributed by atoms with Crippen LogP contribution in [-0.2, 0) is 16.9 Å². The lowest BCUT2D eigenvalue weighted by atomic mass is 9.80. The Bertz CT molecular complexity index is 1140. The first kappa shape index (κ1) is 25.0. The third-order valence-electron chi connectivity index (χ3n) is 6.36. The highest BCUT2D eigenvalue weighted by Gasteiger charge is 2.62. The number of urea groups is 1. The van der Waals surface area contributed by atoms with E-state index in [0.717, 1.165) is 11.0 Å². The molecule has 1 atom stereocenters. The molecule has 4 rings (SSSR count). The molecule has 2 aromatic rings. The summed E-state index contributed by atoms with van der Waals surface area (Å²) in [4.78, 5) is 27.0. The zero-order chi connectivity index (χ0) is 25.5. The molecule has 1 aliphatic heterocycles. The van der Waals surface area contributed by atoms with Crippen molar-refractivity contribution in [3.8, 4) is 17.2 Å². The molecule has 0 saturated heterocycles. The number of nitrogens with one attached hydrogen (secondary N) is 1. The monoisotopic (exact) mass is 512 g/mol. The van der Waals surface area contributed by atoms with Gasteiger partial charge in [-0.05, 0) is 31.0 Å². The molecule has 1 N–H and O–H groups in total. The van der Waals surface area contributed by atoms with E-state index in [2.05, 4.69) is 5.32 Å². The number of halogens is 4. The van der Waals surface area contributed by atoms with Gasteiger partial charge in [0.05, 0.1) is 39.1 Å². The van der Waals surface area contributed by atoms with Crippen LogP contribution >= 0.6 is 11.6 Å². The molecule has 1 saturated carbocycles. The van der Waals surface area contributed by atoms with Crippen molar-refractivity contribution in [3.63, 3.8) is 0 Å². The maximum atomic E-state index is 14.6. The number of carbonyl (C=O) groups excluding carboxylic acids is 2. The Morgan fingerprint density at radius 2 is 1.74 bits per heavy atom. The fourth-order valence-electron chi connectivity index (χ4n) is 4.34. The Kier molecular flexibility index (Phi) is 6.52. The molecule has 0 aromatic heterocycles. The smallest absolute Gasteiger partial charge is 0.416 e. The maximum Gasteiger partial charge on any atom is 0.416 e. The molecule has 1 fully saturated rings. The lowest BCUT2D eigenvalue weighted by Crippen LogP contribution is -2.63. The van der Waals surface area contributed by atoms with Gasteiger partial charge in [0.25, 0.3) is 0 Å². The number of fused-ring (bicyclic) bond motifs is 1. The van der Waals surface area contributed by atoms with E-state index < -0.39 is 35.9 Å². The number of benzene rings is 2. The number of nitrogens with zero attached hydrogens (tertiary/aromatic N) is 1. The van der Waals surface area contributed by atoms with E-state index in [4.69, 9.17) is 25.8 Å². The van der Waals surface area contributed by atoms with Crippen molar-refractivity contribution >= 4 is 29.1 Å². The van der Waals surface area contributed by atoms with Crippen molar-refractivity contribution in [1.29, 1.82) is 0 Å². The van der Waals surface area contributed by atoms with Crippen LogP contribution in [0.4, 0.5) is 23.7 Å². The van der Waals surface area contributed by atoms with E-state index >= 15 is 0 Å². The van der Waals surface area contributed by atoms with E-state index in [1.54, 1.807) is 12.1 Å². The molecule has 11 heteroatoms. The van der Waals surface area contributed by atoms with Gasteiger partial charge >= 0.3 is 12.2 Å². The van der Waals surface area contributed by atoms with E-state index in [1.807, 2.05) is 0 Å². The van der Waals surface area contributed by atoms with Gasteiger partial charge in [0.15, 0.2) is 5.54 Å². The number of carbonyl (C=O) groups is 2. The molecule has 0 bridgehead atoms. The zero-order valence-electron chi connectivity index (χ0n) is 19.3. The van der Waals surface area contributed by atoms with Crippen molar-refractivity contribution in [3.05, 3.63) is 46.5 Å². The van der Waals surface area contributed by atoms with E-state index in [9.17, 15) is 22.8 Å². The van der Waals surface area contributed by atoms with Crippen LogP contribution in [0.15, 0.2) is 30.3 Å². The number of rotatable bonds is 8. The van der Waals surface area contributed by atoms with Gasteiger partial charge in [0.2, 0.25) is 0 Å². The summed E-state index contributed by atoms with van der Waals surface area (Å²) in [6.07, 6.45) is -4.75. The summed E-state index contributed by atoms with van der Waals surface area (Å²) in [5.41, 5.74) is -2.79. The molecular weight excluding hydrogens is 489 g/mol. The molecule has 0 spiro atoms. The first-order valence-corrected chi connectivity index (χ1v) is 11.2. The second kappa shape index (κ2) is 9.14. The third kappa shape index (κ3) is 4.47. The topological polar surface area (TPSA) is 77.1 Å². The van der Waals surface area contributed by atoms with Gasteiger partial charge in [0.1, 0.15) is 23.0 Å². The van der Waals surface area contributed by atoms with Gasteiger partial charge in [-0.2, -0.15) is 13.2 Å². The Balaban J connectivity index is 1.84. The zero-order valence-corrected chi connectivity index (χ0v) is 20.0. The Hall–Kier alpha value is -3.14. The standard InChI is InChI=1S/C24H24ClF3N2O5/c1-33-15-9-20(34-2)16(21(10-15)35-3)12-30-18-7-6-14(25)8-17(18)23(24(26,27)28,29-22(30)32)11-19(31)13-4-5-13/h6-10,13H,4-5,11-12H2,1-3H3,(H,29,32). The fourth-order valence-corrected chi connectivity index (χ4v) is 4.51. The molecule has 35 heavy (non-hydrogen) atoms. The summed E-state index contributed by atoms with van der Waals surface area (Å²) < 4.78 is 59.9. The van der Waals surface area contributed by atoms with Crippen LogP contribution in [0.3, 0.4) is 0 Å².